The number of nitrogens with zero attached hydrogens (tertiary/aromatic N) is 3. The Balaban J connectivity index is 1.45. The van der Waals surface area contributed by atoms with Crippen molar-refractivity contribution in [3.8, 4) is 0 Å². The molecule has 2 N–H and O–H groups in total. The van der Waals surface area contributed by atoms with Crippen LogP contribution in [0.1, 0.15) is 23.2 Å². The lowest BCUT2D eigenvalue weighted by Gasteiger charge is -2.32. The van der Waals surface area contributed by atoms with Gasteiger partial charge in [-0.2, -0.15) is 0 Å². The molecular formula is C20H23N5O4. The Morgan fingerprint density at radius 1 is 1.14 bits per heavy atom. The summed E-state index contributed by atoms with van der Waals surface area (Å²) in [4.78, 5) is 54.1. The fourth-order valence-electron chi connectivity index (χ4n) is 3.21. The van der Waals surface area contributed by atoms with Crippen molar-refractivity contribution in [1.82, 2.24) is 19.8 Å². The van der Waals surface area contributed by atoms with Gasteiger partial charge >= 0.3 is 11.8 Å². The molecule has 0 aliphatic carbocycles. The smallest absolute Gasteiger partial charge is 0.313 e. The molecule has 0 aromatic carbocycles. The van der Waals surface area contributed by atoms with Crippen molar-refractivity contribution in [3.05, 3.63) is 58.8 Å². The number of nitrogens with one attached hydrogen (secondary N) is 2. The second kappa shape index (κ2) is 9.13. The number of pyridine rings is 2. The van der Waals surface area contributed by atoms with E-state index in [4.69, 9.17) is 0 Å². The third-order valence-electron chi connectivity index (χ3n) is 4.93. The molecule has 29 heavy (non-hydrogen) atoms. The third kappa shape index (κ3) is 5.07. The Labute approximate surface area is 167 Å². The van der Waals surface area contributed by atoms with Crippen LogP contribution in [0.4, 0.5) is 5.69 Å². The number of aryl methyl sites for hydroxylation is 1. The average Bonchev–Trinajstić information content (AvgIpc) is 2.74. The summed E-state index contributed by atoms with van der Waals surface area (Å²) in [6.45, 7) is 1.35. The molecule has 9 nitrogen and oxygen atoms in total. The summed E-state index contributed by atoms with van der Waals surface area (Å²) in [5.41, 5.74) is 0.298. The van der Waals surface area contributed by atoms with E-state index >= 15 is 0 Å². The van der Waals surface area contributed by atoms with Crippen molar-refractivity contribution in [3.63, 3.8) is 0 Å². The first-order valence-electron chi connectivity index (χ1n) is 9.40. The van der Waals surface area contributed by atoms with Crippen LogP contribution in [0, 0.1) is 5.92 Å². The molecule has 1 aliphatic heterocycles. The van der Waals surface area contributed by atoms with Crippen LogP contribution in [0.5, 0.6) is 0 Å². The van der Waals surface area contributed by atoms with Crippen molar-refractivity contribution in [2.24, 2.45) is 13.0 Å². The van der Waals surface area contributed by atoms with E-state index in [0.29, 0.717) is 38.2 Å². The number of carbonyl (C=O) groups excluding carboxylic acids is 3. The molecule has 3 amide bonds. The lowest BCUT2D eigenvalue weighted by molar-refractivity contribution is -0.136. The zero-order valence-electron chi connectivity index (χ0n) is 16.1. The van der Waals surface area contributed by atoms with Gasteiger partial charge in [0.15, 0.2) is 0 Å². The second-order valence-corrected chi connectivity index (χ2v) is 6.98. The Kier molecular flexibility index (Phi) is 6.38. The minimum absolute atomic E-state index is 0.160. The fourth-order valence-corrected chi connectivity index (χ4v) is 3.21. The van der Waals surface area contributed by atoms with E-state index in [0.717, 1.165) is 0 Å². The highest BCUT2D eigenvalue weighted by Gasteiger charge is 2.26. The van der Waals surface area contributed by atoms with Crippen molar-refractivity contribution < 1.29 is 14.4 Å². The molecular weight excluding hydrogens is 374 g/mol. The Hall–Kier alpha value is -3.49. The molecule has 1 fully saturated rings. The van der Waals surface area contributed by atoms with Crippen molar-refractivity contribution >= 4 is 23.4 Å². The van der Waals surface area contributed by atoms with E-state index in [1.165, 1.54) is 16.8 Å². The first-order valence-corrected chi connectivity index (χ1v) is 9.40. The average molecular weight is 397 g/mol. The summed E-state index contributed by atoms with van der Waals surface area (Å²) in [7, 11) is 1.61. The maximum absolute atomic E-state index is 12.6. The highest BCUT2D eigenvalue weighted by Crippen LogP contribution is 2.17. The molecule has 0 saturated carbocycles. The summed E-state index contributed by atoms with van der Waals surface area (Å²) in [6.07, 6.45) is 6.01. The molecule has 0 bridgehead atoms. The Morgan fingerprint density at radius 2 is 1.90 bits per heavy atom. The van der Waals surface area contributed by atoms with Gasteiger partial charge in [0.05, 0.1) is 11.9 Å². The van der Waals surface area contributed by atoms with E-state index in [-0.39, 0.29) is 22.9 Å². The number of hydrogen-bond donors (Lipinski definition) is 2. The minimum Gasteiger partial charge on any atom is -0.348 e. The minimum atomic E-state index is -0.745. The summed E-state index contributed by atoms with van der Waals surface area (Å²) < 4.78 is 1.38. The molecule has 152 valence electrons. The number of rotatable bonds is 4. The van der Waals surface area contributed by atoms with E-state index in [2.05, 4.69) is 15.6 Å². The van der Waals surface area contributed by atoms with Gasteiger partial charge in [0.25, 0.3) is 11.5 Å². The fraction of sp³-hybridized carbons (Fsp3) is 0.350. The molecule has 2 aromatic heterocycles. The van der Waals surface area contributed by atoms with Crippen LogP contribution in [0.3, 0.4) is 0 Å². The van der Waals surface area contributed by atoms with Gasteiger partial charge in [-0.05, 0) is 43.0 Å². The van der Waals surface area contributed by atoms with Crippen LogP contribution in [0.15, 0.2) is 47.7 Å². The summed E-state index contributed by atoms with van der Waals surface area (Å²) in [5, 5.41) is 5.12. The summed E-state index contributed by atoms with van der Waals surface area (Å²) in [6, 6.07) is 6.52. The molecule has 0 spiro atoms. The summed E-state index contributed by atoms with van der Waals surface area (Å²) in [5.74, 6) is -1.57. The summed E-state index contributed by atoms with van der Waals surface area (Å²) >= 11 is 0. The van der Waals surface area contributed by atoms with Crippen LogP contribution in [-0.4, -0.2) is 51.8 Å². The lowest BCUT2D eigenvalue weighted by Crippen LogP contribution is -2.44. The molecule has 3 heterocycles. The van der Waals surface area contributed by atoms with Gasteiger partial charge in [-0.1, -0.05) is 0 Å². The second-order valence-electron chi connectivity index (χ2n) is 6.98. The number of carbonyl (C=O) groups is 3. The van der Waals surface area contributed by atoms with Crippen molar-refractivity contribution in [2.75, 3.05) is 25.0 Å². The van der Waals surface area contributed by atoms with Gasteiger partial charge in [-0.15, -0.1) is 0 Å². The van der Waals surface area contributed by atoms with Crippen molar-refractivity contribution in [2.45, 2.75) is 12.8 Å². The number of likely N-dealkylation sites (tertiary alicyclic amines) is 1. The molecule has 2 aromatic rings. The van der Waals surface area contributed by atoms with E-state index in [1.54, 1.807) is 42.5 Å². The molecule has 9 heteroatoms. The van der Waals surface area contributed by atoms with Gasteiger partial charge in [-0.3, -0.25) is 24.2 Å². The standard InChI is InChI=1S/C20H23N5O4/c1-24-9-3-5-16(19(24)28)20(29)25-10-6-14(7-11-25)12-22-17(26)18(27)23-15-4-2-8-21-13-15/h2-5,8-9,13-14H,6-7,10-12H2,1H3,(H,22,26)(H,23,27). The van der Waals surface area contributed by atoms with Crippen molar-refractivity contribution in [1.29, 1.82) is 0 Å². The first kappa shape index (κ1) is 20.2. The highest BCUT2D eigenvalue weighted by molar-refractivity contribution is 6.39. The number of piperidine rings is 1. The topological polar surface area (TPSA) is 113 Å². The quantitative estimate of drug-likeness (QED) is 0.725. The molecule has 1 saturated heterocycles. The van der Waals surface area contributed by atoms with E-state index in [1.807, 2.05) is 0 Å². The molecule has 0 unspecified atom stereocenters. The van der Waals surface area contributed by atoms with Gasteiger partial charge in [0.2, 0.25) is 0 Å². The molecule has 3 rings (SSSR count). The SMILES string of the molecule is Cn1cccc(C(=O)N2CCC(CNC(=O)C(=O)Nc3cccnc3)CC2)c1=O. The normalized spacial score (nSPS) is 14.3. The predicted octanol–water partition coefficient (Wildman–Crippen LogP) is 0.387. The van der Waals surface area contributed by atoms with E-state index < -0.39 is 11.8 Å². The van der Waals surface area contributed by atoms with Gasteiger partial charge < -0.3 is 20.1 Å². The largest absolute Gasteiger partial charge is 0.348 e. The van der Waals surface area contributed by atoms with Gasteiger partial charge in [0, 0.05) is 39.1 Å². The third-order valence-corrected chi connectivity index (χ3v) is 4.93. The molecule has 0 atom stereocenters. The lowest BCUT2D eigenvalue weighted by atomic mass is 9.96. The zero-order chi connectivity index (χ0) is 20.8. The van der Waals surface area contributed by atoms with E-state index in [9.17, 15) is 19.2 Å². The number of aromatic nitrogens is 2. The Bertz CT molecular complexity index is 949. The highest BCUT2D eigenvalue weighted by atomic mass is 16.2. The number of anilines is 1. The van der Waals surface area contributed by atoms with Crippen LogP contribution < -0.4 is 16.2 Å². The first-order chi connectivity index (χ1) is 14.0. The molecule has 0 radical (unpaired) electrons. The van der Waals surface area contributed by atoms with Crippen LogP contribution in [0.2, 0.25) is 0 Å². The maximum atomic E-state index is 12.6. The van der Waals surface area contributed by atoms with Gasteiger partial charge in [0.1, 0.15) is 5.56 Å². The van der Waals surface area contributed by atoms with Gasteiger partial charge in [-0.25, -0.2) is 0 Å². The monoisotopic (exact) mass is 397 g/mol. The van der Waals surface area contributed by atoms with Crippen LogP contribution in [-0.2, 0) is 16.6 Å². The number of amides is 3. The maximum Gasteiger partial charge on any atom is 0.313 e. The Morgan fingerprint density at radius 3 is 2.59 bits per heavy atom. The number of hydrogen-bond acceptors (Lipinski definition) is 5. The predicted molar refractivity (Wildman–Crippen MR) is 106 cm³/mol. The molecule has 1 aliphatic rings. The van der Waals surface area contributed by atoms with Crippen LogP contribution in [0.25, 0.3) is 0 Å². The van der Waals surface area contributed by atoms with Crippen LogP contribution >= 0.6 is 0 Å². The zero-order valence-corrected chi connectivity index (χ0v) is 16.1.